The van der Waals surface area contributed by atoms with Crippen LogP contribution in [0.4, 0.5) is 0 Å². The van der Waals surface area contributed by atoms with Crippen LogP contribution >= 0.6 is 0 Å². The number of hydrogen-bond acceptors (Lipinski definition) is 3. The first kappa shape index (κ1) is 11.4. The Morgan fingerprint density at radius 2 is 2.07 bits per heavy atom. The van der Waals surface area contributed by atoms with Gasteiger partial charge < -0.3 is 9.87 Å². The largest absolute Gasteiger partial charge is 0.768 e. The molecule has 1 aromatic rings. The summed E-state index contributed by atoms with van der Waals surface area (Å²) in [6.07, 6.45) is 4.97. The van der Waals surface area contributed by atoms with E-state index in [9.17, 15) is 13.6 Å². The monoisotopic (exact) mass is 222 g/mol. The third-order valence-electron chi connectivity index (χ3n) is 1.66. The van der Waals surface area contributed by atoms with Crippen LogP contribution in [-0.4, -0.2) is 21.2 Å². The topological polar surface area (TPSA) is 69.2 Å². The zero-order valence-electron chi connectivity index (χ0n) is 7.73. The van der Waals surface area contributed by atoms with Gasteiger partial charge in [0.25, 0.3) is 5.91 Å². The minimum absolute atomic E-state index is 0.142. The van der Waals surface area contributed by atoms with Gasteiger partial charge in [-0.2, -0.15) is 0 Å². The molecule has 15 heavy (non-hydrogen) atoms. The molecule has 0 bridgehead atoms. The lowest BCUT2D eigenvalue weighted by Crippen LogP contribution is -2.23. The van der Waals surface area contributed by atoms with Gasteiger partial charge in [0.1, 0.15) is 0 Å². The zero-order chi connectivity index (χ0) is 11.3. The third kappa shape index (κ3) is 3.20. The first-order valence-corrected chi connectivity index (χ1v) is 5.13. The van der Waals surface area contributed by atoms with Crippen molar-refractivity contribution in [3.05, 3.63) is 29.8 Å². The molecular formula is C10H8NO3S-. The molecule has 1 rings (SSSR count). The number of amides is 1. The summed E-state index contributed by atoms with van der Waals surface area (Å²) in [5.74, 6) is 1.94. The Bertz CT molecular complexity index is 419. The number of carbonyl (C=O) groups excluding carboxylic acids is 1. The lowest BCUT2D eigenvalue weighted by atomic mass is 10.2. The van der Waals surface area contributed by atoms with Crippen LogP contribution < -0.4 is 5.32 Å². The van der Waals surface area contributed by atoms with Crippen molar-refractivity contribution in [1.29, 1.82) is 0 Å². The van der Waals surface area contributed by atoms with Gasteiger partial charge in [0.2, 0.25) is 0 Å². The van der Waals surface area contributed by atoms with Gasteiger partial charge in [0.05, 0.1) is 6.54 Å². The van der Waals surface area contributed by atoms with E-state index in [0.717, 1.165) is 0 Å². The quantitative estimate of drug-likeness (QED) is 0.590. The van der Waals surface area contributed by atoms with Crippen molar-refractivity contribution in [1.82, 2.24) is 5.32 Å². The normalized spacial score (nSPS) is 11.5. The second-order valence-electron chi connectivity index (χ2n) is 2.65. The minimum atomic E-state index is -2.27. The number of terminal acetylenes is 1. The van der Waals surface area contributed by atoms with E-state index in [1.807, 2.05) is 0 Å². The Labute approximate surface area is 90.0 Å². The average molecular weight is 222 g/mol. The lowest BCUT2D eigenvalue weighted by molar-refractivity contribution is 0.0958. The Morgan fingerprint density at radius 1 is 1.47 bits per heavy atom. The van der Waals surface area contributed by atoms with Crippen LogP contribution in [0.3, 0.4) is 0 Å². The molecule has 1 unspecified atom stereocenters. The lowest BCUT2D eigenvalue weighted by Gasteiger charge is -2.06. The van der Waals surface area contributed by atoms with Gasteiger partial charge >= 0.3 is 0 Å². The van der Waals surface area contributed by atoms with Crippen LogP contribution in [0, 0.1) is 12.3 Å². The molecule has 1 atom stereocenters. The van der Waals surface area contributed by atoms with E-state index in [0.29, 0.717) is 5.56 Å². The smallest absolute Gasteiger partial charge is 0.252 e. The first-order chi connectivity index (χ1) is 7.15. The molecule has 0 heterocycles. The standard InChI is InChI=1S/C10H9NO3S/c1-2-7-11-10(12)8-3-5-9(6-4-8)15(13)14/h1,3-6H,7H2,(H,11,12)(H,13,14)/p-1. The van der Waals surface area contributed by atoms with Crippen LogP contribution in [-0.2, 0) is 11.1 Å². The number of carbonyl (C=O) groups is 1. The van der Waals surface area contributed by atoms with E-state index in [1.165, 1.54) is 24.3 Å². The summed E-state index contributed by atoms with van der Waals surface area (Å²) < 4.78 is 21.1. The highest BCUT2D eigenvalue weighted by Gasteiger charge is 2.03. The van der Waals surface area contributed by atoms with E-state index in [-0.39, 0.29) is 17.3 Å². The Hall–Kier alpha value is -1.64. The molecule has 0 aliphatic carbocycles. The van der Waals surface area contributed by atoms with Crippen molar-refractivity contribution < 1.29 is 13.6 Å². The molecule has 1 aromatic carbocycles. The molecule has 0 fully saturated rings. The summed E-state index contributed by atoms with van der Waals surface area (Å²) in [7, 11) is 0. The maximum absolute atomic E-state index is 11.3. The summed E-state index contributed by atoms with van der Waals surface area (Å²) in [5, 5.41) is 2.47. The summed E-state index contributed by atoms with van der Waals surface area (Å²) >= 11 is -2.27. The number of rotatable bonds is 3. The summed E-state index contributed by atoms with van der Waals surface area (Å²) in [6, 6.07) is 5.57. The fourth-order valence-electron chi connectivity index (χ4n) is 0.951. The van der Waals surface area contributed by atoms with Crippen LogP contribution in [0.25, 0.3) is 0 Å². The van der Waals surface area contributed by atoms with E-state index < -0.39 is 11.1 Å². The van der Waals surface area contributed by atoms with Crippen LogP contribution in [0.2, 0.25) is 0 Å². The zero-order valence-corrected chi connectivity index (χ0v) is 8.54. The van der Waals surface area contributed by atoms with Crippen molar-refractivity contribution in [2.75, 3.05) is 6.54 Å². The van der Waals surface area contributed by atoms with Gasteiger partial charge in [-0.3, -0.25) is 9.00 Å². The van der Waals surface area contributed by atoms with E-state index in [1.54, 1.807) is 0 Å². The predicted octanol–water partition coefficient (Wildman–Crippen LogP) is 0.288. The Balaban J connectivity index is 2.76. The summed E-state index contributed by atoms with van der Waals surface area (Å²) in [4.78, 5) is 11.5. The van der Waals surface area contributed by atoms with E-state index in [2.05, 4.69) is 11.2 Å². The van der Waals surface area contributed by atoms with E-state index >= 15 is 0 Å². The highest BCUT2D eigenvalue weighted by molar-refractivity contribution is 7.79. The van der Waals surface area contributed by atoms with Crippen LogP contribution in [0.5, 0.6) is 0 Å². The van der Waals surface area contributed by atoms with Crippen molar-refractivity contribution >= 4 is 17.0 Å². The van der Waals surface area contributed by atoms with Crippen molar-refractivity contribution in [3.63, 3.8) is 0 Å². The molecule has 0 saturated carbocycles. The molecule has 0 saturated heterocycles. The number of nitrogens with one attached hydrogen (secondary N) is 1. The summed E-state index contributed by atoms with van der Waals surface area (Å²) in [6.45, 7) is 0.147. The Kier molecular flexibility index (Phi) is 4.03. The third-order valence-corrected chi connectivity index (χ3v) is 2.32. The van der Waals surface area contributed by atoms with Crippen molar-refractivity contribution in [2.24, 2.45) is 0 Å². The molecule has 4 nitrogen and oxygen atoms in total. The minimum Gasteiger partial charge on any atom is -0.768 e. The molecule has 0 aliphatic rings. The van der Waals surface area contributed by atoms with E-state index in [4.69, 9.17) is 6.42 Å². The molecule has 1 N–H and O–H groups in total. The molecule has 0 aliphatic heterocycles. The highest BCUT2D eigenvalue weighted by atomic mass is 32.2. The maximum atomic E-state index is 11.3. The van der Waals surface area contributed by atoms with Crippen LogP contribution in [0.1, 0.15) is 10.4 Å². The SMILES string of the molecule is C#CCNC(=O)c1ccc(S(=O)[O-])cc1. The van der Waals surface area contributed by atoms with Gasteiger partial charge in [-0.05, 0) is 35.3 Å². The molecule has 1 amide bonds. The summed E-state index contributed by atoms with van der Waals surface area (Å²) in [5.41, 5.74) is 0.374. The maximum Gasteiger partial charge on any atom is 0.252 e. The first-order valence-electron chi connectivity index (χ1n) is 4.06. The molecule has 0 radical (unpaired) electrons. The molecule has 0 aromatic heterocycles. The Morgan fingerprint density at radius 3 is 2.53 bits per heavy atom. The number of hydrogen-bond donors (Lipinski definition) is 1. The fraction of sp³-hybridized carbons (Fsp3) is 0.100. The molecule has 5 heteroatoms. The van der Waals surface area contributed by atoms with Crippen molar-refractivity contribution in [2.45, 2.75) is 4.90 Å². The highest BCUT2D eigenvalue weighted by Crippen LogP contribution is 2.06. The average Bonchev–Trinajstić information content (AvgIpc) is 2.26. The van der Waals surface area contributed by atoms with Crippen LogP contribution in [0.15, 0.2) is 29.2 Å². The number of benzene rings is 1. The predicted molar refractivity (Wildman–Crippen MR) is 54.8 cm³/mol. The van der Waals surface area contributed by atoms with Gasteiger partial charge in [0.15, 0.2) is 0 Å². The molecular weight excluding hydrogens is 214 g/mol. The van der Waals surface area contributed by atoms with Crippen molar-refractivity contribution in [3.8, 4) is 12.3 Å². The molecule has 78 valence electrons. The second-order valence-corrected chi connectivity index (χ2v) is 3.59. The van der Waals surface area contributed by atoms with Gasteiger partial charge in [-0.15, -0.1) is 6.42 Å². The fourth-order valence-corrected chi connectivity index (χ4v) is 1.31. The second kappa shape index (κ2) is 5.29. The van der Waals surface area contributed by atoms with Gasteiger partial charge in [-0.1, -0.05) is 5.92 Å². The van der Waals surface area contributed by atoms with Gasteiger partial charge in [-0.25, -0.2) is 0 Å². The molecule has 0 spiro atoms. The van der Waals surface area contributed by atoms with Gasteiger partial charge in [0, 0.05) is 10.5 Å².